The molecule has 0 saturated carbocycles. The lowest BCUT2D eigenvalue weighted by Gasteiger charge is -2.00. The summed E-state index contributed by atoms with van der Waals surface area (Å²) in [6.07, 6.45) is 8.07. The van der Waals surface area contributed by atoms with Gasteiger partial charge in [0.1, 0.15) is 11.4 Å². The molecule has 1 rings (SSSR count). The van der Waals surface area contributed by atoms with Crippen molar-refractivity contribution in [1.82, 2.24) is 0 Å². The predicted octanol–water partition coefficient (Wildman–Crippen LogP) is 4.68. The number of phenols is 1. The third-order valence-corrected chi connectivity index (χ3v) is 2.39. The largest absolute Gasteiger partial charge is 0.506 e. The summed E-state index contributed by atoms with van der Waals surface area (Å²) in [6.45, 7) is 7.64. The second-order valence-corrected chi connectivity index (χ2v) is 3.70. The van der Waals surface area contributed by atoms with Crippen molar-refractivity contribution in [2.75, 3.05) is 0 Å². The zero-order valence-corrected chi connectivity index (χ0v) is 10.8. The minimum Gasteiger partial charge on any atom is -0.506 e. The molecular formula is C15H18N2O. The van der Waals surface area contributed by atoms with Crippen LogP contribution in [0.15, 0.2) is 65.0 Å². The van der Waals surface area contributed by atoms with E-state index in [0.29, 0.717) is 11.4 Å². The molecule has 0 aromatic heterocycles. The van der Waals surface area contributed by atoms with Crippen LogP contribution in [0.3, 0.4) is 0 Å². The summed E-state index contributed by atoms with van der Waals surface area (Å²) in [7, 11) is 0. The molecule has 0 saturated heterocycles. The number of hydrogen-bond donors (Lipinski definition) is 1. The topological polar surface area (TPSA) is 45.0 Å². The second-order valence-electron chi connectivity index (χ2n) is 3.70. The number of allylic oxidation sites excluding steroid dienone is 4. The number of aryl methyl sites for hydroxylation is 1. The van der Waals surface area contributed by atoms with E-state index in [2.05, 4.69) is 23.7 Å². The maximum atomic E-state index is 9.68. The zero-order valence-electron chi connectivity index (χ0n) is 10.8. The van der Waals surface area contributed by atoms with Crippen molar-refractivity contribution in [3.63, 3.8) is 0 Å². The fourth-order valence-corrected chi connectivity index (χ4v) is 1.32. The van der Waals surface area contributed by atoms with Gasteiger partial charge in [0.05, 0.1) is 5.70 Å². The van der Waals surface area contributed by atoms with Crippen LogP contribution in [0.25, 0.3) is 0 Å². The van der Waals surface area contributed by atoms with Crippen LogP contribution in [0, 0.1) is 0 Å². The molecule has 18 heavy (non-hydrogen) atoms. The Morgan fingerprint density at radius 1 is 1.44 bits per heavy atom. The van der Waals surface area contributed by atoms with Crippen LogP contribution in [0.2, 0.25) is 0 Å². The van der Waals surface area contributed by atoms with Crippen molar-refractivity contribution in [3.05, 3.63) is 60.3 Å². The highest BCUT2D eigenvalue weighted by atomic mass is 16.3. The molecule has 0 atom stereocenters. The molecule has 1 aromatic carbocycles. The monoisotopic (exact) mass is 242 g/mol. The molecule has 0 heterocycles. The van der Waals surface area contributed by atoms with Crippen LogP contribution in [0.1, 0.15) is 19.4 Å². The van der Waals surface area contributed by atoms with Gasteiger partial charge in [-0.2, -0.15) is 5.11 Å². The van der Waals surface area contributed by atoms with E-state index in [4.69, 9.17) is 0 Å². The molecule has 0 aliphatic carbocycles. The SMILES string of the molecule is C=CC(=C\C=C/C)/N=N/c1cc(CC)ccc1O. The van der Waals surface area contributed by atoms with Crippen molar-refractivity contribution in [2.45, 2.75) is 20.3 Å². The summed E-state index contributed by atoms with van der Waals surface area (Å²) in [5, 5.41) is 17.8. The van der Waals surface area contributed by atoms with Crippen LogP contribution in [0.5, 0.6) is 5.75 Å². The molecule has 0 amide bonds. The van der Waals surface area contributed by atoms with E-state index in [1.807, 2.05) is 31.2 Å². The summed E-state index contributed by atoms with van der Waals surface area (Å²) in [4.78, 5) is 0. The van der Waals surface area contributed by atoms with Crippen molar-refractivity contribution >= 4 is 5.69 Å². The second kappa shape index (κ2) is 7.22. The lowest BCUT2D eigenvalue weighted by molar-refractivity contribution is 0.476. The lowest BCUT2D eigenvalue weighted by Crippen LogP contribution is -1.78. The molecule has 0 radical (unpaired) electrons. The number of benzene rings is 1. The molecule has 94 valence electrons. The van der Waals surface area contributed by atoms with Gasteiger partial charge in [-0.15, -0.1) is 5.11 Å². The molecule has 0 aliphatic rings. The quantitative estimate of drug-likeness (QED) is 0.591. The Labute approximate surface area is 108 Å². The molecule has 3 heteroatoms. The fourth-order valence-electron chi connectivity index (χ4n) is 1.32. The third-order valence-electron chi connectivity index (χ3n) is 2.39. The number of nitrogens with zero attached hydrogens (tertiary/aromatic N) is 2. The zero-order chi connectivity index (χ0) is 13.4. The van der Waals surface area contributed by atoms with Gasteiger partial charge in [-0.3, -0.25) is 0 Å². The Kier molecular flexibility index (Phi) is 5.58. The van der Waals surface area contributed by atoms with Gasteiger partial charge < -0.3 is 5.11 Å². The molecule has 0 fully saturated rings. The number of aromatic hydroxyl groups is 1. The number of rotatable bonds is 5. The Bertz CT molecular complexity index is 499. The summed E-state index contributed by atoms with van der Waals surface area (Å²) in [5.74, 6) is 0.130. The van der Waals surface area contributed by atoms with Gasteiger partial charge in [0.15, 0.2) is 0 Å². The minimum absolute atomic E-state index is 0.130. The van der Waals surface area contributed by atoms with E-state index in [9.17, 15) is 5.11 Å². The lowest BCUT2D eigenvalue weighted by atomic mass is 10.1. The van der Waals surface area contributed by atoms with E-state index in [0.717, 1.165) is 12.0 Å². The van der Waals surface area contributed by atoms with Crippen LogP contribution >= 0.6 is 0 Å². The normalized spacial score (nSPS) is 12.4. The van der Waals surface area contributed by atoms with E-state index in [-0.39, 0.29) is 5.75 Å². The Morgan fingerprint density at radius 2 is 2.22 bits per heavy atom. The summed E-state index contributed by atoms with van der Waals surface area (Å²) in [5.41, 5.74) is 2.23. The maximum absolute atomic E-state index is 9.68. The molecule has 0 unspecified atom stereocenters. The van der Waals surface area contributed by atoms with Gasteiger partial charge in [-0.05, 0) is 43.2 Å². The highest BCUT2D eigenvalue weighted by Gasteiger charge is 2.00. The third kappa shape index (κ3) is 4.01. The van der Waals surface area contributed by atoms with Crippen molar-refractivity contribution in [1.29, 1.82) is 0 Å². The van der Waals surface area contributed by atoms with Crippen molar-refractivity contribution < 1.29 is 5.11 Å². The van der Waals surface area contributed by atoms with Gasteiger partial charge in [0.2, 0.25) is 0 Å². The Morgan fingerprint density at radius 3 is 2.83 bits per heavy atom. The number of hydrogen-bond acceptors (Lipinski definition) is 3. The van der Waals surface area contributed by atoms with Crippen molar-refractivity contribution in [2.24, 2.45) is 10.2 Å². The van der Waals surface area contributed by atoms with Gasteiger partial charge in [0, 0.05) is 0 Å². The fraction of sp³-hybridized carbons (Fsp3) is 0.200. The van der Waals surface area contributed by atoms with Crippen molar-refractivity contribution in [3.8, 4) is 5.75 Å². The van der Waals surface area contributed by atoms with Crippen LogP contribution in [0.4, 0.5) is 5.69 Å². The first-order chi connectivity index (χ1) is 8.71. The van der Waals surface area contributed by atoms with E-state index >= 15 is 0 Å². The predicted molar refractivity (Wildman–Crippen MR) is 75.1 cm³/mol. The highest BCUT2D eigenvalue weighted by Crippen LogP contribution is 2.28. The number of azo groups is 1. The number of phenolic OH excluding ortho intramolecular Hbond substituents is 1. The first-order valence-electron chi connectivity index (χ1n) is 5.90. The Hall–Kier alpha value is -2.16. The summed E-state index contributed by atoms with van der Waals surface area (Å²) < 4.78 is 0. The first-order valence-corrected chi connectivity index (χ1v) is 5.90. The molecule has 0 spiro atoms. The smallest absolute Gasteiger partial charge is 0.143 e. The van der Waals surface area contributed by atoms with Gasteiger partial charge in [-0.25, -0.2) is 0 Å². The molecule has 3 nitrogen and oxygen atoms in total. The van der Waals surface area contributed by atoms with Gasteiger partial charge in [-0.1, -0.05) is 31.7 Å². The van der Waals surface area contributed by atoms with E-state index in [1.54, 1.807) is 18.2 Å². The molecule has 1 aromatic rings. The average Bonchev–Trinajstić information content (AvgIpc) is 2.40. The van der Waals surface area contributed by atoms with E-state index in [1.165, 1.54) is 0 Å². The standard InChI is InChI=1S/C15H18N2O/c1-4-7-8-13(6-3)16-17-14-11-12(5-2)9-10-15(14)18/h4,6-11,18H,3,5H2,1-2H3/b7-4-,13-8+,17-16+. The average molecular weight is 242 g/mol. The first kappa shape index (κ1) is 13.9. The van der Waals surface area contributed by atoms with Gasteiger partial charge in [0.25, 0.3) is 0 Å². The highest BCUT2D eigenvalue weighted by molar-refractivity contribution is 5.52. The van der Waals surface area contributed by atoms with E-state index < -0.39 is 0 Å². The molecule has 0 aliphatic heterocycles. The summed E-state index contributed by atoms with van der Waals surface area (Å²) >= 11 is 0. The molecule has 1 N–H and O–H groups in total. The van der Waals surface area contributed by atoms with Gasteiger partial charge >= 0.3 is 0 Å². The molecular weight excluding hydrogens is 224 g/mol. The Balaban J connectivity index is 2.98. The van der Waals surface area contributed by atoms with Crippen LogP contribution in [-0.2, 0) is 6.42 Å². The van der Waals surface area contributed by atoms with Crippen LogP contribution < -0.4 is 0 Å². The molecule has 0 bridgehead atoms. The van der Waals surface area contributed by atoms with Crippen LogP contribution in [-0.4, -0.2) is 5.11 Å². The minimum atomic E-state index is 0.130. The maximum Gasteiger partial charge on any atom is 0.143 e. The summed E-state index contributed by atoms with van der Waals surface area (Å²) in [6, 6.07) is 5.34.